The number of hydrogen-bond acceptors (Lipinski definition) is 5. The third kappa shape index (κ3) is 3.47. The molecule has 1 aliphatic carbocycles. The van der Waals surface area contributed by atoms with Gasteiger partial charge in [0.05, 0.1) is 12.6 Å². The zero-order valence-corrected chi connectivity index (χ0v) is 19.7. The van der Waals surface area contributed by atoms with Crippen molar-refractivity contribution in [3.05, 3.63) is 86.8 Å². The lowest BCUT2D eigenvalue weighted by Gasteiger charge is -2.42. The maximum Gasteiger partial charge on any atom is 0.318 e. The molecule has 1 aromatic heterocycles. The molecular weight excluding hydrogens is 430 g/mol. The Balaban J connectivity index is 1.84. The fourth-order valence-corrected chi connectivity index (χ4v) is 5.43. The lowest BCUT2D eigenvalue weighted by molar-refractivity contribution is 0.0569. The highest BCUT2D eigenvalue weighted by Gasteiger charge is 2.43. The summed E-state index contributed by atoms with van der Waals surface area (Å²) in [4.78, 5) is 31.8. The van der Waals surface area contributed by atoms with Crippen molar-refractivity contribution in [2.45, 2.75) is 51.6 Å². The van der Waals surface area contributed by atoms with Crippen LogP contribution in [-0.4, -0.2) is 44.7 Å². The summed E-state index contributed by atoms with van der Waals surface area (Å²) in [6, 6.07) is 16.4. The number of rotatable bonds is 4. The van der Waals surface area contributed by atoms with E-state index in [9.17, 15) is 14.7 Å². The molecule has 1 atom stereocenters. The van der Waals surface area contributed by atoms with Crippen LogP contribution < -0.4 is 10.3 Å². The Hall–Kier alpha value is -3.61. The molecule has 176 valence electrons. The van der Waals surface area contributed by atoms with Crippen LogP contribution in [0.15, 0.2) is 53.3 Å². The smallest absolute Gasteiger partial charge is 0.318 e. The number of aryl methyl sites for hydroxylation is 2. The molecule has 7 nitrogen and oxygen atoms in total. The Bertz CT molecular complexity index is 1270. The summed E-state index contributed by atoms with van der Waals surface area (Å²) in [7, 11) is 0. The molecule has 2 heterocycles. The topological polar surface area (TPSA) is 84.7 Å². The minimum absolute atomic E-state index is 0.0485. The van der Waals surface area contributed by atoms with Crippen LogP contribution in [0.2, 0.25) is 0 Å². The predicted octanol–water partition coefficient (Wildman–Crippen LogP) is 3.68. The van der Waals surface area contributed by atoms with Gasteiger partial charge >= 0.3 is 11.6 Å². The number of nitrogens with zero attached hydrogens (tertiary/aromatic N) is 3. The van der Waals surface area contributed by atoms with Crippen LogP contribution >= 0.6 is 0 Å². The van der Waals surface area contributed by atoms with Crippen molar-refractivity contribution in [1.29, 1.82) is 0 Å². The first-order valence-corrected chi connectivity index (χ1v) is 11.9. The van der Waals surface area contributed by atoms with E-state index in [0.717, 1.165) is 12.8 Å². The standard InChI is InChI=1S/C27H29N3O4/c1-4-34-27-28-25(32)24(31)23-26(33)29(16(2)3)15-21(30(23)27)22-19-11-7-5-9-17(19)13-14-18-10-6-8-12-20(18)22/h5-12,16,21-22,31H,4,13-15H2,1-3H3/t21-/m1/s1. The summed E-state index contributed by atoms with van der Waals surface area (Å²) >= 11 is 0. The molecule has 1 amide bonds. The monoisotopic (exact) mass is 459 g/mol. The predicted molar refractivity (Wildman–Crippen MR) is 129 cm³/mol. The zero-order valence-electron chi connectivity index (χ0n) is 19.7. The summed E-state index contributed by atoms with van der Waals surface area (Å²) in [6.07, 6.45) is 1.84. The molecule has 0 bridgehead atoms. The lowest BCUT2D eigenvalue weighted by Crippen LogP contribution is -2.49. The highest BCUT2D eigenvalue weighted by molar-refractivity contribution is 5.96. The van der Waals surface area contributed by atoms with Gasteiger partial charge in [-0.25, -0.2) is 0 Å². The number of benzene rings is 2. The van der Waals surface area contributed by atoms with E-state index in [0.29, 0.717) is 6.54 Å². The first-order valence-electron chi connectivity index (χ1n) is 11.9. The average molecular weight is 460 g/mol. The van der Waals surface area contributed by atoms with E-state index in [1.165, 1.54) is 22.3 Å². The van der Waals surface area contributed by atoms with Crippen molar-refractivity contribution >= 4 is 5.91 Å². The van der Waals surface area contributed by atoms with E-state index < -0.39 is 11.3 Å². The van der Waals surface area contributed by atoms with Crippen LogP contribution in [0.25, 0.3) is 0 Å². The van der Waals surface area contributed by atoms with Gasteiger partial charge in [0.25, 0.3) is 5.91 Å². The fraction of sp³-hybridized carbons (Fsp3) is 0.370. The first kappa shape index (κ1) is 22.2. The summed E-state index contributed by atoms with van der Waals surface area (Å²) in [5.41, 5.74) is 3.98. The Morgan fingerprint density at radius 2 is 1.62 bits per heavy atom. The van der Waals surface area contributed by atoms with E-state index in [4.69, 9.17) is 4.74 Å². The van der Waals surface area contributed by atoms with E-state index in [1.807, 2.05) is 32.9 Å². The van der Waals surface area contributed by atoms with Crippen LogP contribution in [0, 0.1) is 0 Å². The molecule has 0 fully saturated rings. The second-order valence-corrected chi connectivity index (χ2v) is 9.19. The van der Waals surface area contributed by atoms with Gasteiger partial charge in [-0.2, -0.15) is 4.98 Å². The molecule has 0 spiro atoms. The van der Waals surface area contributed by atoms with Crippen molar-refractivity contribution in [3.8, 4) is 11.8 Å². The molecule has 0 saturated carbocycles. The van der Waals surface area contributed by atoms with E-state index in [2.05, 4.69) is 41.4 Å². The van der Waals surface area contributed by atoms with Gasteiger partial charge in [-0.15, -0.1) is 0 Å². The third-order valence-corrected chi connectivity index (χ3v) is 6.98. The minimum Gasteiger partial charge on any atom is -0.501 e. The number of amides is 1. The lowest BCUT2D eigenvalue weighted by atomic mass is 9.81. The van der Waals surface area contributed by atoms with Crippen molar-refractivity contribution in [2.24, 2.45) is 0 Å². The SMILES string of the molecule is CCOc1nc(=O)c(O)c2n1[C@@H](C1c3ccccc3CCc3ccccc31)CN(C(C)C)C2=O. The van der Waals surface area contributed by atoms with Gasteiger partial charge in [0, 0.05) is 18.5 Å². The number of fused-ring (bicyclic) bond motifs is 3. The maximum atomic E-state index is 13.5. The first-order chi connectivity index (χ1) is 16.4. The summed E-state index contributed by atoms with van der Waals surface area (Å²) < 4.78 is 7.45. The highest BCUT2D eigenvalue weighted by Crippen LogP contribution is 2.45. The summed E-state index contributed by atoms with van der Waals surface area (Å²) in [5, 5.41) is 10.8. The average Bonchev–Trinajstić information content (AvgIpc) is 2.99. The Labute approximate surface area is 198 Å². The van der Waals surface area contributed by atoms with E-state index >= 15 is 0 Å². The molecule has 0 saturated heterocycles. The third-order valence-electron chi connectivity index (χ3n) is 6.98. The van der Waals surface area contributed by atoms with Gasteiger partial charge in [0.2, 0.25) is 5.75 Å². The maximum absolute atomic E-state index is 13.5. The second-order valence-electron chi connectivity index (χ2n) is 9.19. The molecule has 7 heteroatoms. The van der Waals surface area contributed by atoms with Crippen LogP contribution in [0.3, 0.4) is 0 Å². The van der Waals surface area contributed by atoms with Crippen LogP contribution in [0.4, 0.5) is 0 Å². The summed E-state index contributed by atoms with van der Waals surface area (Å²) in [5.74, 6) is -1.13. The largest absolute Gasteiger partial charge is 0.501 e. The fourth-order valence-electron chi connectivity index (χ4n) is 5.43. The molecule has 2 aromatic carbocycles. The normalized spacial score (nSPS) is 17.7. The molecular formula is C27H29N3O4. The molecule has 0 radical (unpaired) electrons. The van der Waals surface area contributed by atoms with Crippen molar-refractivity contribution in [1.82, 2.24) is 14.5 Å². The summed E-state index contributed by atoms with van der Waals surface area (Å²) in [6.45, 7) is 6.38. The highest BCUT2D eigenvalue weighted by atomic mass is 16.5. The zero-order chi connectivity index (χ0) is 24.0. The van der Waals surface area contributed by atoms with Crippen LogP contribution in [0.1, 0.15) is 65.5 Å². The molecule has 1 aliphatic heterocycles. The van der Waals surface area contributed by atoms with Crippen molar-refractivity contribution in [2.75, 3.05) is 13.2 Å². The number of ether oxygens (including phenoxy) is 1. The number of aromatic hydroxyl groups is 1. The molecule has 0 unspecified atom stereocenters. The van der Waals surface area contributed by atoms with Gasteiger partial charge in [0.1, 0.15) is 0 Å². The number of carbonyl (C=O) groups excluding carboxylic acids is 1. The van der Waals surface area contributed by atoms with E-state index in [1.54, 1.807) is 9.47 Å². The van der Waals surface area contributed by atoms with Gasteiger partial charge in [-0.3, -0.25) is 14.2 Å². The van der Waals surface area contributed by atoms with Crippen LogP contribution in [0.5, 0.6) is 11.8 Å². The van der Waals surface area contributed by atoms with Crippen molar-refractivity contribution < 1.29 is 14.6 Å². The molecule has 34 heavy (non-hydrogen) atoms. The quantitative estimate of drug-likeness (QED) is 0.643. The Morgan fingerprint density at radius 3 is 2.18 bits per heavy atom. The van der Waals surface area contributed by atoms with Crippen molar-refractivity contribution in [3.63, 3.8) is 0 Å². The number of hydrogen-bond donors (Lipinski definition) is 1. The second kappa shape index (κ2) is 8.63. The Morgan fingerprint density at radius 1 is 1.03 bits per heavy atom. The minimum atomic E-state index is -0.853. The molecule has 2 aliphatic rings. The number of carbonyl (C=O) groups is 1. The van der Waals surface area contributed by atoms with Gasteiger partial charge < -0.3 is 14.7 Å². The molecule has 1 N–H and O–H groups in total. The van der Waals surface area contributed by atoms with Gasteiger partial charge in [-0.05, 0) is 55.9 Å². The van der Waals surface area contributed by atoms with Crippen LogP contribution in [-0.2, 0) is 12.8 Å². The van der Waals surface area contributed by atoms with Gasteiger partial charge in [-0.1, -0.05) is 48.5 Å². The number of aromatic nitrogens is 2. The van der Waals surface area contributed by atoms with Gasteiger partial charge in [0.15, 0.2) is 5.69 Å². The molecule has 3 aromatic rings. The Kier molecular flexibility index (Phi) is 5.63. The van der Waals surface area contributed by atoms with E-state index in [-0.39, 0.29) is 42.2 Å². The molecule has 5 rings (SSSR count).